The Morgan fingerprint density at radius 2 is 0.882 bits per heavy atom. The van der Waals surface area contributed by atoms with Crippen molar-refractivity contribution in [1.29, 1.82) is 0 Å². The van der Waals surface area contributed by atoms with Gasteiger partial charge in [0.15, 0.2) is 0 Å². The molecule has 16 rings (SSSR count). The van der Waals surface area contributed by atoms with E-state index in [2.05, 4.69) is 228 Å². The second kappa shape index (κ2) is 14.7. The van der Waals surface area contributed by atoms with Crippen LogP contribution in [0, 0.1) is 0 Å². The first-order valence-electron chi connectivity index (χ1n) is 29.5. The van der Waals surface area contributed by atoms with Crippen molar-refractivity contribution in [3.8, 4) is 22.5 Å². The molecular formula is C72H58BN3. The van der Waals surface area contributed by atoms with Gasteiger partial charge in [0.25, 0.3) is 6.71 Å². The Balaban J connectivity index is 1.20. The van der Waals surface area contributed by atoms with Gasteiger partial charge in [-0.3, -0.25) is 0 Å². The molecule has 0 fully saturated rings. The summed E-state index contributed by atoms with van der Waals surface area (Å²) in [6, 6.07) is 58.0. The molecule has 0 radical (unpaired) electrons. The van der Waals surface area contributed by atoms with Crippen LogP contribution in [0.3, 0.4) is 0 Å². The van der Waals surface area contributed by atoms with Crippen molar-refractivity contribution >= 4 is 126 Å². The van der Waals surface area contributed by atoms with Gasteiger partial charge in [-0.05, 0) is 131 Å². The first-order valence-corrected chi connectivity index (χ1v) is 27.0. The highest BCUT2D eigenvalue weighted by Gasteiger charge is 2.44. The summed E-state index contributed by atoms with van der Waals surface area (Å²) in [7, 11) is 0. The minimum absolute atomic E-state index is 0.0745. The van der Waals surface area contributed by atoms with E-state index < -0.39 is 6.04 Å². The second-order valence-corrected chi connectivity index (χ2v) is 24.9. The van der Waals surface area contributed by atoms with Crippen molar-refractivity contribution in [3.63, 3.8) is 0 Å². The van der Waals surface area contributed by atoms with Crippen LogP contribution in [0.1, 0.15) is 85.9 Å². The molecule has 3 nitrogen and oxygen atoms in total. The Morgan fingerprint density at radius 3 is 1.53 bits per heavy atom. The van der Waals surface area contributed by atoms with E-state index >= 15 is 0 Å². The average Bonchev–Trinajstić information content (AvgIpc) is 1.93. The van der Waals surface area contributed by atoms with E-state index in [-0.39, 0.29) is 52.7 Å². The van der Waals surface area contributed by atoms with Crippen LogP contribution in [0.15, 0.2) is 188 Å². The Labute approximate surface area is 450 Å². The van der Waals surface area contributed by atoms with Crippen LogP contribution < -0.4 is 16.4 Å². The molecule has 0 saturated heterocycles. The van der Waals surface area contributed by atoms with Gasteiger partial charge in [-0.2, -0.15) is 0 Å². The monoisotopic (exact) mass is 981 g/mol. The Hall–Kier alpha value is -8.34. The van der Waals surface area contributed by atoms with Crippen LogP contribution in [0.5, 0.6) is 0 Å². The Morgan fingerprint density at radius 1 is 0.368 bits per heavy atom. The predicted molar refractivity (Wildman–Crippen MR) is 329 cm³/mol. The van der Waals surface area contributed by atoms with Crippen LogP contribution in [0.2, 0.25) is 0 Å². The number of fused-ring (bicyclic) bond motifs is 21. The normalized spacial score (nSPS) is 14.5. The fourth-order valence-corrected chi connectivity index (χ4v) is 13.8. The lowest BCUT2D eigenvalue weighted by Gasteiger charge is -2.36. The molecule has 0 bridgehead atoms. The highest BCUT2D eigenvalue weighted by atomic mass is 15.0. The zero-order valence-electron chi connectivity index (χ0n) is 49.4. The largest absolute Gasteiger partial charge is 0.310 e. The third-order valence-electron chi connectivity index (χ3n) is 17.5. The molecule has 10 aromatic carbocycles. The lowest BCUT2D eigenvalue weighted by atomic mass is 9.33. The quantitative estimate of drug-likeness (QED) is 0.146. The SMILES string of the molecule is [2H]c1c([2H])c([2H])c(-c2ccc3c(c2)c2cc(C(C)(C)C)cc4c2n3-c2c3c(cc5c2c2cccc6c7ccccc7c7ccccc7c7ccccc7n5c62)-n2c5ccc(C(C)(C)C)cc5c5cc(C(C)(C)C)cc(c52)B34)c([2H])c1[2H]. The predicted octanol–water partition coefficient (Wildman–Crippen LogP) is 17.2. The summed E-state index contributed by atoms with van der Waals surface area (Å²) in [5.74, 6) is 0. The Bertz CT molecular complexity index is 5280. The average molecular weight is 981 g/mol. The van der Waals surface area contributed by atoms with Crippen LogP contribution >= 0.6 is 0 Å². The van der Waals surface area contributed by atoms with Gasteiger partial charge in [0.2, 0.25) is 0 Å². The lowest BCUT2D eigenvalue weighted by Crippen LogP contribution is -2.59. The molecule has 0 amide bonds. The smallest absolute Gasteiger partial charge is 0.252 e. The first-order chi connectivity index (χ1) is 38.7. The van der Waals surface area contributed by atoms with E-state index in [1.165, 1.54) is 76.4 Å². The van der Waals surface area contributed by atoms with Crippen molar-refractivity contribution in [2.24, 2.45) is 0 Å². The lowest BCUT2D eigenvalue weighted by molar-refractivity contribution is 0.590. The van der Waals surface area contributed by atoms with Crippen LogP contribution in [0.25, 0.3) is 126 Å². The molecule has 0 N–H and O–H groups in total. The molecule has 2 aliphatic heterocycles. The Kier molecular flexibility index (Phi) is 7.59. The van der Waals surface area contributed by atoms with Crippen LogP contribution in [-0.2, 0) is 16.2 Å². The summed E-state index contributed by atoms with van der Waals surface area (Å²) in [6.45, 7) is 20.7. The second-order valence-electron chi connectivity index (χ2n) is 24.9. The van der Waals surface area contributed by atoms with Gasteiger partial charge in [-0.25, -0.2) is 0 Å². The van der Waals surface area contributed by atoms with E-state index in [0.717, 1.165) is 71.3 Å². The van der Waals surface area contributed by atoms with Crippen molar-refractivity contribution in [1.82, 2.24) is 13.5 Å². The molecule has 0 aliphatic carbocycles. The van der Waals surface area contributed by atoms with E-state index in [1.807, 2.05) is 6.07 Å². The molecular weight excluding hydrogens is 918 g/mol. The van der Waals surface area contributed by atoms with E-state index in [4.69, 9.17) is 4.11 Å². The van der Waals surface area contributed by atoms with Crippen molar-refractivity contribution in [3.05, 3.63) is 205 Å². The maximum absolute atomic E-state index is 9.20. The number of aromatic nitrogens is 3. The van der Waals surface area contributed by atoms with Gasteiger partial charge in [0.05, 0.1) is 40.1 Å². The molecule has 76 heavy (non-hydrogen) atoms. The fraction of sp³-hybridized carbons (Fsp3) is 0.167. The zero-order valence-corrected chi connectivity index (χ0v) is 44.4. The third-order valence-corrected chi connectivity index (χ3v) is 17.5. The minimum atomic E-state index is -0.397. The standard InChI is InChI=1S/C72H58BN3/c1-70(2,3)43-31-33-60-54(35-43)56-37-45(72(7,8)9)38-57-67(56)75(60)63-40-62-64(52-28-19-27-51-49-25-16-14-23-47(49)46-22-13-15-24-48(46)50-26-17-18-29-59(50)74(62)66(51)52)69-65(63)73(57)58-39-44(71(4,5)6)36-55-53-34-42(41-20-11-10-12-21-41)30-32-61(53)76(69)68(55)58/h10-40H,1-9H3/i10D,11D,12D,20D,21D. The topological polar surface area (TPSA) is 14.3 Å². The summed E-state index contributed by atoms with van der Waals surface area (Å²) >= 11 is 0. The summed E-state index contributed by atoms with van der Waals surface area (Å²) in [5.41, 5.74) is 18.0. The van der Waals surface area contributed by atoms with Gasteiger partial charge in [0, 0.05) is 59.8 Å². The van der Waals surface area contributed by atoms with E-state index in [9.17, 15) is 2.74 Å². The molecule has 4 aromatic heterocycles. The summed E-state index contributed by atoms with van der Waals surface area (Å²) in [5, 5.41) is 13.9. The van der Waals surface area contributed by atoms with Crippen molar-refractivity contribution in [2.75, 3.05) is 0 Å². The molecule has 0 saturated carbocycles. The van der Waals surface area contributed by atoms with Crippen LogP contribution in [-0.4, -0.2) is 20.2 Å². The number of benzene rings is 10. The molecule has 6 heterocycles. The van der Waals surface area contributed by atoms with E-state index in [1.54, 1.807) is 0 Å². The molecule has 2 aliphatic rings. The van der Waals surface area contributed by atoms with Crippen molar-refractivity contribution in [2.45, 2.75) is 78.6 Å². The maximum atomic E-state index is 9.20. The molecule has 0 unspecified atom stereocenters. The molecule has 14 aromatic rings. The maximum Gasteiger partial charge on any atom is 0.252 e. The summed E-state index contributed by atoms with van der Waals surface area (Å²) < 4.78 is 52.2. The van der Waals surface area contributed by atoms with Gasteiger partial charge < -0.3 is 13.5 Å². The number of hydrogen-bond donors (Lipinski definition) is 0. The van der Waals surface area contributed by atoms with E-state index in [0.29, 0.717) is 5.56 Å². The molecule has 4 heteroatoms. The van der Waals surface area contributed by atoms with Crippen molar-refractivity contribution < 1.29 is 6.85 Å². The number of rotatable bonds is 1. The number of nitrogens with zero attached hydrogens (tertiary/aromatic N) is 3. The first kappa shape index (κ1) is 39.1. The summed E-state index contributed by atoms with van der Waals surface area (Å²) in [6.07, 6.45) is 0. The highest BCUT2D eigenvalue weighted by Crippen LogP contribution is 2.48. The molecule has 364 valence electrons. The third kappa shape index (κ3) is 5.74. The minimum Gasteiger partial charge on any atom is -0.310 e. The highest BCUT2D eigenvalue weighted by molar-refractivity contribution is 7.00. The molecule has 0 spiro atoms. The fourth-order valence-electron chi connectivity index (χ4n) is 13.8. The van der Waals surface area contributed by atoms with Gasteiger partial charge in [-0.15, -0.1) is 0 Å². The zero-order chi connectivity index (χ0) is 55.8. The number of hydrogen-bond acceptors (Lipinski definition) is 0. The number of para-hydroxylation sites is 2. The van der Waals surface area contributed by atoms with Gasteiger partial charge in [0.1, 0.15) is 0 Å². The van der Waals surface area contributed by atoms with Gasteiger partial charge >= 0.3 is 0 Å². The molecule has 0 atom stereocenters. The summed E-state index contributed by atoms with van der Waals surface area (Å²) in [4.78, 5) is 0. The van der Waals surface area contributed by atoms with Crippen LogP contribution in [0.4, 0.5) is 0 Å². The van der Waals surface area contributed by atoms with Gasteiger partial charge in [-0.1, -0.05) is 202 Å².